The zero-order chi connectivity index (χ0) is 13.9. The maximum atomic E-state index is 12.2. The summed E-state index contributed by atoms with van der Waals surface area (Å²) in [5.41, 5.74) is -1.22. The Morgan fingerprint density at radius 3 is 2.79 bits per heavy atom. The van der Waals surface area contributed by atoms with Crippen molar-refractivity contribution in [3.05, 3.63) is 16.6 Å². The van der Waals surface area contributed by atoms with Crippen molar-refractivity contribution in [2.45, 2.75) is 63.5 Å². The minimum absolute atomic E-state index is 0.0797. The van der Waals surface area contributed by atoms with E-state index in [2.05, 4.69) is 10.3 Å². The van der Waals surface area contributed by atoms with Crippen LogP contribution in [0.15, 0.2) is 11.6 Å². The Hall–Kier alpha value is -0.940. The minimum Gasteiger partial charge on any atom is -0.389 e. The van der Waals surface area contributed by atoms with E-state index in [1.54, 1.807) is 17.5 Å². The van der Waals surface area contributed by atoms with Gasteiger partial charge in [-0.1, -0.05) is 19.8 Å². The summed E-state index contributed by atoms with van der Waals surface area (Å²) in [6, 6.07) is 0. The molecule has 2 N–H and O–H groups in total. The molecular weight excluding hydrogens is 260 g/mol. The number of carbonyl (C=O) groups excluding carboxylic acids is 1. The zero-order valence-electron chi connectivity index (χ0n) is 11.6. The fraction of sp³-hybridized carbons (Fsp3) is 0.714. The average Bonchev–Trinajstić information content (AvgIpc) is 3.00. The predicted octanol–water partition coefficient (Wildman–Crippen LogP) is 2.58. The monoisotopic (exact) mass is 282 g/mol. The van der Waals surface area contributed by atoms with Gasteiger partial charge in [0.05, 0.1) is 17.6 Å². The van der Waals surface area contributed by atoms with E-state index < -0.39 is 11.1 Å². The van der Waals surface area contributed by atoms with Gasteiger partial charge in [0.15, 0.2) is 0 Å². The fourth-order valence-corrected chi connectivity index (χ4v) is 3.48. The van der Waals surface area contributed by atoms with Gasteiger partial charge < -0.3 is 10.4 Å². The predicted molar refractivity (Wildman–Crippen MR) is 75.9 cm³/mol. The van der Waals surface area contributed by atoms with E-state index in [1.165, 1.54) is 0 Å². The Bertz CT molecular complexity index is 427. The first kappa shape index (κ1) is 14.5. The Labute approximate surface area is 118 Å². The molecular formula is C14H22N2O2S. The summed E-state index contributed by atoms with van der Waals surface area (Å²) in [6.45, 7) is 4.02. The molecule has 0 radical (unpaired) electrons. The Balaban J connectivity index is 2.00. The van der Waals surface area contributed by atoms with Crippen LogP contribution in [-0.2, 0) is 10.3 Å². The molecule has 0 aromatic carbocycles. The molecule has 1 aromatic rings. The number of nitrogens with zero attached hydrogens (tertiary/aromatic N) is 1. The molecule has 1 heterocycles. The molecule has 19 heavy (non-hydrogen) atoms. The van der Waals surface area contributed by atoms with E-state index in [-0.39, 0.29) is 12.3 Å². The van der Waals surface area contributed by atoms with Gasteiger partial charge in [-0.2, -0.15) is 0 Å². The molecule has 1 aromatic heterocycles. The van der Waals surface area contributed by atoms with Crippen LogP contribution in [0, 0.1) is 0 Å². The van der Waals surface area contributed by atoms with Gasteiger partial charge in [0.1, 0.15) is 5.01 Å². The third-order valence-corrected chi connectivity index (χ3v) is 5.09. The maximum absolute atomic E-state index is 12.2. The lowest BCUT2D eigenvalue weighted by molar-refractivity contribution is -0.127. The smallest absolute Gasteiger partial charge is 0.223 e. The molecule has 0 spiro atoms. The van der Waals surface area contributed by atoms with E-state index in [0.717, 1.165) is 37.1 Å². The molecule has 1 amide bonds. The summed E-state index contributed by atoms with van der Waals surface area (Å²) in [7, 11) is 0. The summed E-state index contributed by atoms with van der Waals surface area (Å²) in [5.74, 6) is -0.0797. The molecule has 4 nitrogen and oxygen atoms in total. The maximum Gasteiger partial charge on any atom is 0.223 e. The molecule has 5 heteroatoms. The molecule has 1 aliphatic carbocycles. The van der Waals surface area contributed by atoms with Crippen molar-refractivity contribution in [1.29, 1.82) is 0 Å². The first-order valence-electron chi connectivity index (χ1n) is 6.91. The van der Waals surface area contributed by atoms with Crippen LogP contribution in [0.3, 0.4) is 0 Å². The molecule has 1 unspecified atom stereocenters. The van der Waals surface area contributed by atoms with E-state index in [0.29, 0.717) is 0 Å². The Morgan fingerprint density at radius 2 is 2.26 bits per heavy atom. The highest BCUT2D eigenvalue weighted by Crippen LogP contribution is 2.33. The third kappa shape index (κ3) is 3.34. The second-order valence-corrected chi connectivity index (χ2v) is 6.57. The third-order valence-electron chi connectivity index (χ3n) is 4.05. The van der Waals surface area contributed by atoms with Gasteiger partial charge in [-0.25, -0.2) is 4.98 Å². The van der Waals surface area contributed by atoms with E-state index >= 15 is 0 Å². The lowest BCUT2D eigenvalue weighted by Crippen LogP contribution is -2.45. The highest BCUT2D eigenvalue weighted by Gasteiger charge is 2.36. The number of nitrogens with one attached hydrogen (secondary N) is 1. The van der Waals surface area contributed by atoms with Crippen LogP contribution in [0.2, 0.25) is 0 Å². The largest absolute Gasteiger partial charge is 0.389 e. The number of hydrogen-bond donors (Lipinski definition) is 2. The average molecular weight is 282 g/mol. The van der Waals surface area contributed by atoms with Gasteiger partial charge in [-0.3, -0.25) is 4.79 Å². The highest BCUT2D eigenvalue weighted by molar-refractivity contribution is 7.09. The van der Waals surface area contributed by atoms with Crippen molar-refractivity contribution in [2.75, 3.05) is 0 Å². The summed E-state index contributed by atoms with van der Waals surface area (Å²) in [5, 5.41) is 16.2. The molecule has 1 atom stereocenters. The Kier molecular flexibility index (Phi) is 4.26. The zero-order valence-corrected chi connectivity index (χ0v) is 12.4. The number of carbonyl (C=O) groups is 1. The van der Waals surface area contributed by atoms with Gasteiger partial charge in [0.25, 0.3) is 0 Å². The van der Waals surface area contributed by atoms with Crippen molar-refractivity contribution in [1.82, 2.24) is 10.3 Å². The van der Waals surface area contributed by atoms with Gasteiger partial charge in [0.2, 0.25) is 5.91 Å². The quantitative estimate of drug-likeness (QED) is 0.872. The highest BCUT2D eigenvalue weighted by atomic mass is 32.1. The standard InChI is InChI=1S/C14H22N2O2S/c1-3-13(2,12-15-8-9-19-12)16-11(17)10-14(18)6-4-5-7-14/h8-9,18H,3-7,10H2,1-2H3,(H,16,17). The lowest BCUT2D eigenvalue weighted by Gasteiger charge is -2.29. The summed E-state index contributed by atoms with van der Waals surface area (Å²) >= 11 is 1.55. The number of amides is 1. The minimum atomic E-state index is -0.790. The van der Waals surface area contributed by atoms with E-state index in [9.17, 15) is 9.90 Å². The SMILES string of the molecule is CCC(C)(NC(=O)CC1(O)CCCC1)c1nccs1. The van der Waals surface area contributed by atoms with Crippen molar-refractivity contribution in [3.63, 3.8) is 0 Å². The van der Waals surface area contributed by atoms with Gasteiger partial charge in [0, 0.05) is 11.6 Å². The number of hydrogen-bond acceptors (Lipinski definition) is 4. The first-order chi connectivity index (χ1) is 8.97. The fourth-order valence-electron chi connectivity index (χ4n) is 2.65. The number of thiazole rings is 1. The molecule has 1 fully saturated rings. The van der Waals surface area contributed by atoms with Crippen molar-refractivity contribution in [2.24, 2.45) is 0 Å². The molecule has 0 bridgehead atoms. The lowest BCUT2D eigenvalue weighted by atomic mass is 9.95. The molecule has 0 saturated heterocycles. The molecule has 106 valence electrons. The van der Waals surface area contributed by atoms with Crippen LogP contribution in [0.5, 0.6) is 0 Å². The van der Waals surface area contributed by atoms with Crippen molar-refractivity contribution >= 4 is 17.2 Å². The van der Waals surface area contributed by atoms with Crippen LogP contribution in [0.1, 0.15) is 57.4 Å². The first-order valence-corrected chi connectivity index (χ1v) is 7.79. The van der Waals surface area contributed by atoms with Crippen LogP contribution >= 0.6 is 11.3 Å². The van der Waals surface area contributed by atoms with Crippen LogP contribution < -0.4 is 5.32 Å². The summed E-state index contributed by atoms with van der Waals surface area (Å²) in [6.07, 6.45) is 6.24. The van der Waals surface area contributed by atoms with Gasteiger partial charge >= 0.3 is 0 Å². The molecule has 0 aliphatic heterocycles. The van der Waals surface area contributed by atoms with Crippen LogP contribution in [0.25, 0.3) is 0 Å². The van der Waals surface area contributed by atoms with Gasteiger partial charge in [-0.05, 0) is 26.2 Å². The normalized spacial score (nSPS) is 21.0. The number of rotatable bonds is 5. The van der Waals surface area contributed by atoms with E-state index in [1.807, 2.05) is 19.2 Å². The summed E-state index contributed by atoms with van der Waals surface area (Å²) < 4.78 is 0. The Morgan fingerprint density at radius 1 is 1.58 bits per heavy atom. The number of aliphatic hydroxyl groups is 1. The second kappa shape index (κ2) is 5.59. The molecule has 1 aliphatic rings. The molecule has 2 rings (SSSR count). The van der Waals surface area contributed by atoms with Crippen molar-refractivity contribution in [3.8, 4) is 0 Å². The topological polar surface area (TPSA) is 62.2 Å². The van der Waals surface area contributed by atoms with Crippen molar-refractivity contribution < 1.29 is 9.90 Å². The van der Waals surface area contributed by atoms with Crippen LogP contribution in [-0.4, -0.2) is 21.6 Å². The second-order valence-electron chi connectivity index (χ2n) is 5.68. The van der Waals surface area contributed by atoms with Gasteiger partial charge in [-0.15, -0.1) is 11.3 Å². The molecule has 1 saturated carbocycles. The summed E-state index contributed by atoms with van der Waals surface area (Å²) in [4.78, 5) is 16.5. The number of aromatic nitrogens is 1. The van der Waals surface area contributed by atoms with Crippen LogP contribution in [0.4, 0.5) is 0 Å². The van der Waals surface area contributed by atoms with E-state index in [4.69, 9.17) is 0 Å².